The topological polar surface area (TPSA) is 49.3 Å². The van der Waals surface area contributed by atoms with Crippen molar-refractivity contribution in [2.45, 2.75) is 33.1 Å². The molecule has 0 bridgehead atoms. The van der Waals surface area contributed by atoms with Crippen LogP contribution in [-0.4, -0.2) is 17.6 Å². The van der Waals surface area contributed by atoms with Crippen molar-refractivity contribution in [3.05, 3.63) is 41.5 Å². The van der Waals surface area contributed by atoms with E-state index in [2.05, 4.69) is 24.4 Å². The second-order valence-corrected chi connectivity index (χ2v) is 4.37. The molecule has 3 heteroatoms. The summed E-state index contributed by atoms with van der Waals surface area (Å²) in [4.78, 5) is 10.6. The third kappa shape index (κ3) is 5.04. The zero-order valence-electron chi connectivity index (χ0n) is 11.1. The predicted octanol–water partition coefficient (Wildman–Crippen LogP) is 3.47. The molecule has 0 aliphatic heterocycles. The number of aliphatic carboxylic acids is 1. The molecule has 0 saturated heterocycles. The van der Waals surface area contributed by atoms with Crippen LogP contribution < -0.4 is 5.32 Å². The van der Waals surface area contributed by atoms with Crippen molar-refractivity contribution < 1.29 is 9.90 Å². The van der Waals surface area contributed by atoms with Gasteiger partial charge in [0, 0.05) is 17.8 Å². The average molecular weight is 247 g/mol. The van der Waals surface area contributed by atoms with E-state index >= 15 is 0 Å². The summed E-state index contributed by atoms with van der Waals surface area (Å²) in [6.07, 6.45) is 5.22. The molecule has 98 valence electrons. The molecule has 0 spiro atoms. The van der Waals surface area contributed by atoms with Crippen molar-refractivity contribution in [1.82, 2.24) is 0 Å². The first-order valence-electron chi connectivity index (χ1n) is 6.36. The van der Waals surface area contributed by atoms with Gasteiger partial charge in [-0.15, -0.1) is 0 Å². The highest BCUT2D eigenvalue weighted by Crippen LogP contribution is 2.11. The summed E-state index contributed by atoms with van der Waals surface area (Å²) in [7, 11) is 0. The van der Waals surface area contributed by atoms with E-state index in [0.717, 1.165) is 12.1 Å². The molecule has 18 heavy (non-hydrogen) atoms. The zero-order valence-corrected chi connectivity index (χ0v) is 11.1. The molecule has 3 nitrogen and oxygen atoms in total. The van der Waals surface area contributed by atoms with Crippen LogP contribution in [0.15, 0.2) is 35.9 Å². The van der Waals surface area contributed by atoms with Gasteiger partial charge in [-0.05, 0) is 37.5 Å². The molecular weight excluding hydrogens is 226 g/mol. The van der Waals surface area contributed by atoms with E-state index in [1.165, 1.54) is 18.4 Å². The molecule has 0 unspecified atom stereocenters. The molecule has 0 aliphatic rings. The van der Waals surface area contributed by atoms with Crippen LogP contribution in [0.4, 0.5) is 5.69 Å². The molecule has 0 fully saturated rings. The lowest BCUT2D eigenvalue weighted by molar-refractivity contribution is -0.132. The van der Waals surface area contributed by atoms with Crippen molar-refractivity contribution >= 4 is 11.7 Å². The minimum atomic E-state index is -0.869. The smallest absolute Gasteiger partial charge is 0.331 e. The second-order valence-electron chi connectivity index (χ2n) is 4.37. The predicted molar refractivity (Wildman–Crippen MR) is 74.9 cm³/mol. The van der Waals surface area contributed by atoms with E-state index in [1.54, 1.807) is 13.0 Å². The fourth-order valence-corrected chi connectivity index (χ4v) is 1.58. The van der Waals surface area contributed by atoms with Crippen molar-refractivity contribution in [2.24, 2.45) is 0 Å². The number of rotatable bonds is 7. The van der Waals surface area contributed by atoms with Crippen LogP contribution in [0.1, 0.15) is 32.3 Å². The van der Waals surface area contributed by atoms with Gasteiger partial charge in [0.2, 0.25) is 0 Å². The summed E-state index contributed by atoms with van der Waals surface area (Å²) in [5.74, 6) is -0.869. The number of carbonyl (C=O) groups is 1. The Balaban J connectivity index is 2.44. The highest BCUT2D eigenvalue weighted by Gasteiger charge is 1.98. The van der Waals surface area contributed by atoms with Crippen LogP contribution in [0.5, 0.6) is 0 Å². The number of nitrogens with one attached hydrogen (secondary N) is 1. The van der Waals surface area contributed by atoms with Gasteiger partial charge in [0.25, 0.3) is 0 Å². The van der Waals surface area contributed by atoms with Gasteiger partial charge in [-0.2, -0.15) is 0 Å². The maximum atomic E-state index is 10.6. The van der Waals surface area contributed by atoms with E-state index < -0.39 is 5.97 Å². The van der Waals surface area contributed by atoms with Gasteiger partial charge in [-0.1, -0.05) is 31.6 Å². The molecule has 0 amide bonds. The number of unbranched alkanes of at least 4 members (excludes halogenated alkanes) is 1. The molecule has 0 aliphatic carbocycles. The highest BCUT2D eigenvalue weighted by molar-refractivity contribution is 5.85. The number of anilines is 1. The lowest BCUT2D eigenvalue weighted by Crippen LogP contribution is -2.03. The number of hydrogen-bond acceptors (Lipinski definition) is 2. The van der Waals surface area contributed by atoms with Gasteiger partial charge in [0.05, 0.1) is 0 Å². The molecular formula is C15H21NO2. The van der Waals surface area contributed by atoms with Crippen molar-refractivity contribution in [1.29, 1.82) is 0 Å². The molecule has 1 aromatic carbocycles. The number of carboxylic acid groups (broad SMARTS) is 1. The van der Waals surface area contributed by atoms with Crippen LogP contribution in [0.25, 0.3) is 0 Å². The Morgan fingerprint density at radius 1 is 1.33 bits per heavy atom. The number of hydrogen-bond donors (Lipinski definition) is 2. The first-order chi connectivity index (χ1) is 8.63. The minimum Gasteiger partial charge on any atom is -0.478 e. The Morgan fingerprint density at radius 3 is 2.56 bits per heavy atom. The summed E-state index contributed by atoms with van der Waals surface area (Å²) in [6.45, 7) is 4.32. The van der Waals surface area contributed by atoms with Gasteiger partial charge in [-0.25, -0.2) is 4.79 Å². The Morgan fingerprint density at radius 2 is 2.00 bits per heavy atom. The molecule has 0 aromatic heterocycles. The van der Waals surface area contributed by atoms with Crippen molar-refractivity contribution in [3.8, 4) is 0 Å². The average Bonchev–Trinajstić information content (AvgIpc) is 2.37. The van der Waals surface area contributed by atoms with Crippen LogP contribution in [0.2, 0.25) is 0 Å². The van der Waals surface area contributed by atoms with Gasteiger partial charge in [-0.3, -0.25) is 0 Å². The van der Waals surface area contributed by atoms with Gasteiger partial charge in [0.1, 0.15) is 0 Å². The van der Waals surface area contributed by atoms with Crippen LogP contribution >= 0.6 is 0 Å². The summed E-state index contributed by atoms with van der Waals surface area (Å²) in [6, 6.07) is 8.31. The Bertz CT molecular complexity index is 407. The monoisotopic (exact) mass is 247 g/mol. The largest absolute Gasteiger partial charge is 0.478 e. The SMILES string of the molecule is CCCCc1ccc(NC/C=C(/C)C(=O)O)cc1. The normalized spacial score (nSPS) is 11.3. The number of carboxylic acids is 1. The number of aryl methyl sites for hydroxylation is 1. The third-order valence-corrected chi connectivity index (χ3v) is 2.82. The van der Waals surface area contributed by atoms with Crippen molar-refractivity contribution in [2.75, 3.05) is 11.9 Å². The van der Waals surface area contributed by atoms with Gasteiger partial charge < -0.3 is 10.4 Å². The molecule has 0 heterocycles. The lowest BCUT2D eigenvalue weighted by Gasteiger charge is -2.05. The lowest BCUT2D eigenvalue weighted by atomic mass is 10.1. The van der Waals surface area contributed by atoms with Gasteiger partial charge in [0.15, 0.2) is 0 Å². The summed E-state index contributed by atoms with van der Waals surface area (Å²) < 4.78 is 0. The number of benzene rings is 1. The summed E-state index contributed by atoms with van der Waals surface area (Å²) in [5.41, 5.74) is 2.73. The van der Waals surface area contributed by atoms with E-state index in [1.807, 2.05) is 12.1 Å². The van der Waals surface area contributed by atoms with E-state index in [-0.39, 0.29) is 0 Å². The Hall–Kier alpha value is -1.77. The quantitative estimate of drug-likeness (QED) is 0.725. The van der Waals surface area contributed by atoms with E-state index in [9.17, 15) is 4.79 Å². The van der Waals surface area contributed by atoms with Gasteiger partial charge >= 0.3 is 5.97 Å². The maximum Gasteiger partial charge on any atom is 0.331 e. The molecule has 0 saturated carbocycles. The third-order valence-electron chi connectivity index (χ3n) is 2.82. The molecule has 0 radical (unpaired) electrons. The van der Waals surface area contributed by atoms with Crippen LogP contribution in [0, 0.1) is 0 Å². The second kappa shape index (κ2) is 7.54. The highest BCUT2D eigenvalue weighted by atomic mass is 16.4. The molecule has 1 aromatic rings. The molecule has 1 rings (SSSR count). The maximum absolute atomic E-state index is 10.6. The Labute approximate surface area is 109 Å². The molecule has 2 N–H and O–H groups in total. The van der Waals surface area contributed by atoms with Crippen LogP contribution in [-0.2, 0) is 11.2 Å². The first kappa shape index (κ1) is 14.3. The standard InChI is InChI=1S/C15H21NO2/c1-3-4-5-13-6-8-14(9-7-13)16-11-10-12(2)15(17)18/h6-10,16H,3-5,11H2,1-2H3,(H,17,18)/b12-10-. The fourth-order valence-electron chi connectivity index (χ4n) is 1.58. The fraction of sp³-hybridized carbons (Fsp3) is 0.400. The summed E-state index contributed by atoms with van der Waals surface area (Å²) >= 11 is 0. The first-order valence-corrected chi connectivity index (χ1v) is 6.36. The zero-order chi connectivity index (χ0) is 13.4. The molecule has 0 atom stereocenters. The summed E-state index contributed by atoms with van der Waals surface area (Å²) in [5, 5.41) is 11.9. The van der Waals surface area contributed by atoms with Crippen LogP contribution in [0.3, 0.4) is 0 Å². The Kier molecular flexibility index (Phi) is 5.98. The van der Waals surface area contributed by atoms with E-state index in [0.29, 0.717) is 12.1 Å². The minimum absolute atomic E-state index is 0.363. The van der Waals surface area contributed by atoms with E-state index in [4.69, 9.17) is 5.11 Å². The van der Waals surface area contributed by atoms with Crippen molar-refractivity contribution in [3.63, 3.8) is 0 Å².